The molecule has 0 spiro atoms. The van der Waals surface area contributed by atoms with Crippen molar-refractivity contribution in [3.05, 3.63) is 24.4 Å². The fourth-order valence-electron chi connectivity index (χ4n) is 3.88. The van der Waals surface area contributed by atoms with E-state index in [1.165, 1.54) is 19.3 Å². The van der Waals surface area contributed by atoms with Gasteiger partial charge in [0, 0.05) is 24.9 Å². The lowest BCUT2D eigenvalue weighted by Crippen LogP contribution is -2.50. The molecule has 1 aromatic rings. The number of aromatic nitrogens is 1. The predicted molar refractivity (Wildman–Crippen MR) is 101 cm³/mol. The number of anilines is 1. The molecule has 2 aliphatic rings. The van der Waals surface area contributed by atoms with Crippen molar-refractivity contribution >= 4 is 17.6 Å². The van der Waals surface area contributed by atoms with Crippen LogP contribution in [0.1, 0.15) is 51.4 Å². The Bertz CT molecular complexity index is 579. The summed E-state index contributed by atoms with van der Waals surface area (Å²) in [5, 5.41) is 3.12. The Morgan fingerprint density at radius 3 is 2.50 bits per heavy atom. The van der Waals surface area contributed by atoms with Gasteiger partial charge in [-0.2, -0.15) is 0 Å². The maximum Gasteiger partial charge on any atom is 0.274 e. The number of carbonyl (C=O) groups excluding carboxylic acids is 2. The summed E-state index contributed by atoms with van der Waals surface area (Å²) in [5.41, 5.74) is 0. The van der Waals surface area contributed by atoms with E-state index < -0.39 is 0 Å². The van der Waals surface area contributed by atoms with Crippen molar-refractivity contribution in [1.29, 1.82) is 0 Å². The first-order chi connectivity index (χ1) is 12.7. The Kier molecular flexibility index (Phi) is 6.86. The number of aromatic amines is 1. The standard InChI is InChI=1S/C20H30N4O2/c25-19(22-17-7-2-1-3-8-17)10-6-11-20(26)24-15-13-23(14-16-24)18-9-4-5-12-21-18/h4-5,9,12,17H,1-3,6-8,10-11,13-16H2,(H,22,25)/p+1. The monoisotopic (exact) mass is 359 g/mol. The van der Waals surface area contributed by atoms with Gasteiger partial charge in [0.05, 0.1) is 19.3 Å². The number of piperazine rings is 1. The molecule has 6 nitrogen and oxygen atoms in total. The lowest BCUT2D eigenvalue weighted by molar-refractivity contribution is -0.364. The first-order valence-electron chi connectivity index (χ1n) is 10.0. The van der Waals surface area contributed by atoms with Crippen LogP contribution in [0.5, 0.6) is 0 Å². The minimum Gasteiger partial charge on any atom is -0.353 e. The van der Waals surface area contributed by atoms with Gasteiger partial charge in [-0.3, -0.25) is 14.5 Å². The molecule has 1 aliphatic heterocycles. The number of hydrogen-bond donors (Lipinski definition) is 1. The average molecular weight is 359 g/mol. The molecule has 1 aliphatic carbocycles. The minimum atomic E-state index is 0.106. The molecule has 0 atom stereocenters. The third-order valence-electron chi connectivity index (χ3n) is 5.43. The van der Waals surface area contributed by atoms with Crippen LogP contribution in [0.25, 0.3) is 0 Å². The molecular formula is C20H31N4O2+. The van der Waals surface area contributed by atoms with Gasteiger partial charge in [-0.15, -0.1) is 0 Å². The number of pyridine rings is 1. The van der Waals surface area contributed by atoms with Crippen molar-refractivity contribution in [3.8, 4) is 0 Å². The van der Waals surface area contributed by atoms with Crippen molar-refractivity contribution < 1.29 is 14.6 Å². The van der Waals surface area contributed by atoms with Gasteiger partial charge in [0.15, 0.2) is 0 Å². The molecule has 0 radical (unpaired) electrons. The van der Waals surface area contributed by atoms with Crippen LogP contribution in [0.4, 0.5) is 5.82 Å². The third-order valence-corrected chi connectivity index (χ3v) is 5.43. The molecule has 6 heteroatoms. The summed E-state index contributed by atoms with van der Waals surface area (Å²) in [5.74, 6) is 1.38. The lowest BCUT2D eigenvalue weighted by atomic mass is 9.95. The van der Waals surface area contributed by atoms with Gasteiger partial charge in [0.2, 0.25) is 11.8 Å². The number of amides is 2. The van der Waals surface area contributed by atoms with Crippen LogP contribution in [0.3, 0.4) is 0 Å². The Morgan fingerprint density at radius 1 is 1.04 bits per heavy atom. The fourth-order valence-corrected chi connectivity index (χ4v) is 3.88. The van der Waals surface area contributed by atoms with Crippen LogP contribution >= 0.6 is 0 Å². The van der Waals surface area contributed by atoms with Crippen molar-refractivity contribution in [3.63, 3.8) is 0 Å². The van der Waals surface area contributed by atoms with Gasteiger partial charge in [0.1, 0.15) is 13.1 Å². The number of nitrogens with zero attached hydrogens (tertiary/aromatic N) is 2. The molecule has 2 fully saturated rings. The van der Waals surface area contributed by atoms with Crippen LogP contribution in [0.2, 0.25) is 0 Å². The van der Waals surface area contributed by atoms with Gasteiger partial charge >= 0.3 is 0 Å². The van der Waals surface area contributed by atoms with E-state index in [9.17, 15) is 9.59 Å². The topological polar surface area (TPSA) is 66.8 Å². The van der Waals surface area contributed by atoms with Crippen molar-refractivity contribution in [2.75, 3.05) is 31.1 Å². The van der Waals surface area contributed by atoms with Gasteiger partial charge < -0.3 is 10.2 Å². The van der Waals surface area contributed by atoms with Crippen LogP contribution in [0, 0.1) is 0 Å². The molecule has 0 unspecified atom stereocenters. The first kappa shape index (κ1) is 18.7. The van der Waals surface area contributed by atoms with Gasteiger partial charge in [-0.05, 0) is 25.3 Å². The molecule has 2 N–H and O–H groups in total. The number of rotatable bonds is 6. The Labute approximate surface area is 156 Å². The van der Waals surface area contributed by atoms with E-state index in [2.05, 4.69) is 21.3 Å². The molecule has 142 valence electrons. The van der Waals surface area contributed by atoms with Crippen LogP contribution in [0.15, 0.2) is 24.4 Å². The van der Waals surface area contributed by atoms with E-state index in [0.717, 1.165) is 44.8 Å². The van der Waals surface area contributed by atoms with Gasteiger partial charge in [-0.25, -0.2) is 4.98 Å². The highest BCUT2D eigenvalue weighted by Gasteiger charge is 2.25. The fraction of sp³-hybridized carbons (Fsp3) is 0.650. The minimum absolute atomic E-state index is 0.106. The second-order valence-electron chi connectivity index (χ2n) is 7.37. The second kappa shape index (κ2) is 9.55. The summed E-state index contributed by atoms with van der Waals surface area (Å²) >= 11 is 0. The number of nitrogens with one attached hydrogen (secondary N) is 2. The van der Waals surface area contributed by atoms with Crippen LogP contribution in [-0.4, -0.2) is 48.9 Å². The SMILES string of the molecule is O=C(CCCC(=O)N1CCN(c2cccc[nH+]2)CC1)NC1CCCCC1. The van der Waals surface area contributed by atoms with E-state index >= 15 is 0 Å². The molecule has 1 aromatic heterocycles. The Hall–Kier alpha value is -2.11. The zero-order chi connectivity index (χ0) is 18.2. The summed E-state index contributed by atoms with van der Waals surface area (Å²) in [6.07, 6.45) is 9.43. The lowest BCUT2D eigenvalue weighted by Gasteiger charge is -2.31. The zero-order valence-electron chi connectivity index (χ0n) is 15.6. The number of H-pyrrole nitrogens is 1. The molecule has 0 aromatic carbocycles. The van der Waals surface area contributed by atoms with Crippen LogP contribution in [-0.2, 0) is 9.59 Å². The molecule has 2 amide bonds. The highest BCUT2D eigenvalue weighted by Crippen LogP contribution is 2.17. The molecule has 2 heterocycles. The summed E-state index contributed by atoms with van der Waals surface area (Å²) in [6.45, 7) is 3.18. The predicted octanol–water partition coefficient (Wildman–Crippen LogP) is 1.77. The summed E-state index contributed by atoms with van der Waals surface area (Å²) in [7, 11) is 0. The van der Waals surface area contributed by atoms with Crippen molar-refractivity contribution in [2.24, 2.45) is 0 Å². The molecule has 3 rings (SSSR count). The summed E-state index contributed by atoms with van der Waals surface area (Å²) < 4.78 is 0. The van der Waals surface area contributed by atoms with Crippen molar-refractivity contribution in [2.45, 2.75) is 57.4 Å². The highest BCUT2D eigenvalue weighted by molar-refractivity contribution is 5.79. The van der Waals surface area contributed by atoms with E-state index in [4.69, 9.17) is 0 Å². The quantitative estimate of drug-likeness (QED) is 0.842. The van der Waals surface area contributed by atoms with Gasteiger partial charge in [0.25, 0.3) is 5.82 Å². The maximum atomic E-state index is 12.4. The number of hydrogen-bond acceptors (Lipinski definition) is 3. The van der Waals surface area contributed by atoms with E-state index in [1.54, 1.807) is 0 Å². The Morgan fingerprint density at radius 2 is 1.81 bits per heavy atom. The molecule has 26 heavy (non-hydrogen) atoms. The third kappa shape index (κ3) is 5.44. The molecule has 0 bridgehead atoms. The van der Waals surface area contributed by atoms with E-state index in [0.29, 0.717) is 25.3 Å². The highest BCUT2D eigenvalue weighted by atomic mass is 16.2. The first-order valence-corrected chi connectivity index (χ1v) is 10.0. The smallest absolute Gasteiger partial charge is 0.274 e. The normalized spacial score (nSPS) is 18.6. The van der Waals surface area contributed by atoms with E-state index in [-0.39, 0.29) is 11.8 Å². The zero-order valence-corrected chi connectivity index (χ0v) is 15.6. The van der Waals surface area contributed by atoms with Crippen LogP contribution < -0.4 is 15.2 Å². The van der Waals surface area contributed by atoms with Gasteiger partial charge in [-0.1, -0.05) is 25.3 Å². The largest absolute Gasteiger partial charge is 0.353 e. The summed E-state index contributed by atoms with van der Waals surface area (Å²) in [4.78, 5) is 31.8. The number of carbonyl (C=O) groups is 2. The Balaban J connectivity index is 1.32. The average Bonchev–Trinajstić information content (AvgIpc) is 2.69. The summed E-state index contributed by atoms with van der Waals surface area (Å²) in [6, 6.07) is 6.40. The second-order valence-corrected chi connectivity index (χ2v) is 7.37. The molecular weight excluding hydrogens is 328 g/mol. The molecule has 1 saturated heterocycles. The molecule has 1 saturated carbocycles. The maximum absolute atomic E-state index is 12.4. The van der Waals surface area contributed by atoms with E-state index in [1.807, 2.05) is 23.2 Å². The van der Waals surface area contributed by atoms with Crippen molar-refractivity contribution in [1.82, 2.24) is 10.2 Å².